The Kier molecular flexibility index (Phi) is 5.02. The number of aromatic nitrogens is 6. The second kappa shape index (κ2) is 7.36. The maximum Gasteiger partial charge on any atom is 0.190 e. The monoisotopic (exact) mass is 329 g/mol. The molecule has 0 saturated carbocycles. The zero-order chi connectivity index (χ0) is 16.1. The van der Waals surface area contributed by atoms with Crippen molar-refractivity contribution in [2.75, 3.05) is 11.9 Å². The molecule has 0 fully saturated rings. The summed E-state index contributed by atoms with van der Waals surface area (Å²) in [6.07, 6.45) is 1.000. The van der Waals surface area contributed by atoms with Crippen LogP contribution >= 0.6 is 11.8 Å². The van der Waals surface area contributed by atoms with Gasteiger partial charge in [-0.15, -0.1) is 5.10 Å². The van der Waals surface area contributed by atoms with Crippen LogP contribution in [0.3, 0.4) is 0 Å². The van der Waals surface area contributed by atoms with Gasteiger partial charge in [0.2, 0.25) is 0 Å². The van der Waals surface area contributed by atoms with Crippen LogP contribution in [0.5, 0.6) is 0 Å². The van der Waals surface area contributed by atoms with Crippen LogP contribution in [0.2, 0.25) is 0 Å². The summed E-state index contributed by atoms with van der Waals surface area (Å²) in [5, 5.41) is 16.9. The summed E-state index contributed by atoms with van der Waals surface area (Å²) < 4.78 is 1.83. The van der Waals surface area contributed by atoms with Crippen molar-refractivity contribution in [3.63, 3.8) is 0 Å². The van der Waals surface area contributed by atoms with Crippen LogP contribution < -0.4 is 5.32 Å². The molecular weight excluding hydrogens is 310 g/mol. The van der Waals surface area contributed by atoms with Crippen molar-refractivity contribution in [3.8, 4) is 0 Å². The third kappa shape index (κ3) is 3.58. The number of tetrazole rings is 1. The minimum Gasteiger partial charge on any atom is -0.370 e. The Balaban J connectivity index is 1.83. The molecular formula is C15H19N7S. The van der Waals surface area contributed by atoms with E-state index in [-0.39, 0.29) is 0 Å². The van der Waals surface area contributed by atoms with E-state index in [9.17, 15) is 0 Å². The number of nitrogens with one attached hydrogen (secondary N) is 1. The lowest BCUT2D eigenvalue weighted by Gasteiger charge is -2.09. The Labute approximate surface area is 138 Å². The minimum atomic E-state index is 0.650. The SMILES string of the molecule is CCCn1nnnc1CSc1nc(NCC)c2ccccc2n1. The van der Waals surface area contributed by atoms with E-state index in [0.717, 1.165) is 47.2 Å². The van der Waals surface area contributed by atoms with Crippen LogP contribution in [0.25, 0.3) is 10.9 Å². The molecule has 0 radical (unpaired) electrons. The molecule has 0 aliphatic rings. The molecule has 0 saturated heterocycles. The average Bonchev–Trinajstić information content (AvgIpc) is 3.01. The highest BCUT2D eigenvalue weighted by Crippen LogP contribution is 2.25. The topological polar surface area (TPSA) is 81.4 Å². The first kappa shape index (κ1) is 15.7. The molecule has 0 aliphatic carbocycles. The van der Waals surface area contributed by atoms with E-state index in [1.165, 1.54) is 0 Å². The standard InChI is InChI=1S/C15H19N7S/c1-3-9-22-13(19-20-21-22)10-23-15-17-12-8-6-5-7-11(12)14(18-15)16-4-2/h5-8H,3-4,9-10H2,1-2H3,(H,16,17,18). The number of nitrogens with zero attached hydrogens (tertiary/aromatic N) is 6. The number of hydrogen-bond donors (Lipinski definition) is 1. The van der Waals surface area contributed by atoms with Crippen molar-refractivity contribution in [2.45, 2.75) is 37.7 Å². The second-order valence-electron chi connectivity index (χ2n) is 5.01. The molecule has 0 spiro atoms. The third-order valence-corrected chi connectivity index (χ3v) is 4.14. The first-order valence-electron chi connectivity index (χ1n) is 7.70. The summed E-state index contributed by atoms with van der Waals surface area (Å²) in [6, 6.07) is 8.02. The smallest absolute Gasteiger partial charge is 0.190 e. The highest BCUT2D eigenvalue weighted by atomic mass is 32.2. The Morgan fingerprint density at radius 1 is 1.17 bits per heavy atom. The molecule has 1 N–H and O–H groups in total. The highest BCUT2D eigenvalue weighted by molar-refractivity contribution is 7.98. The molecule has 8 heteroatoms. The Morgan fingerprint density at radius 3 is 2.87 bits per heavy atom. The van der Waals surface area contributed by atoms with Gasteiger partial charge in [-0.25, -0.2) is 14.6 Å². The van der Waals surface area contributed by atoms with E-state index in [2.05, 4.69) is 44.7 Å². The lowest BCUT2D eigenvalue weighted by atomic mass is 10.2. The molecule has 0 aliphatic heterocycles. The summed E-state index contributed by atoms with van der Waals surface area (Å²) >= 11 is 1.55. The molecule has 0 amide bonds. The van der Waals surface area contributed by atoms with Crippen LogP contribution in [0.15, 0.2) is 29.4 Å². The maximum atomic E-state index is 4.63. The van der Waals surface area contributed by atoms with E-state index in [1.54, 1.807) is 11.8 Å². The van der Waals surface area contributed by atoms with Crippen molar-refractivity contribution in [1.82, 2.24) is 30.2 Å². The number of fused-ring (bicyclic) bond motifs is 1. The number of anilines is 1. The molecule has 0 bridgehead atoms. The molecule has 23 heavy (non-hydrogen) atoms. The van der Waals surface area contributed by atoms with E-state index in [4.69, 9.17) is 0 Å². The van der Waals surface area contributed by atoms with Gasteiger partial charge >= 0.3 is 0 Å². The fourth-order valence-electron chi connectivity index (χ4n) is 2.26. The third-order valence-electron chi connectivity index (χ3n) is 3.30. The summed E-state index contributed by atoms with van der Waals surface area (Å²) in [7, 11) is 0. The summed E-state index contributed by atoms with van der Waals surface area (Å²) in [6.45, 7) is 5.81. The quantitative estimate of drug-likeness (QED) is 0.527. The highest BCUT2D eigenvalue weighted by Gasteiger charge is 2.10. The summed E-state index contributed by atoms with van der Waals surface area (Å²) in [5.41, 5.74) is 0.939. The van der Waals surface area contributed by atoms with Gasteiger partial charge in [-0.1, -0.05) is 30.8 Å². The van der Waals surface area contributed by atoms with Crippen molar-refractivity contribution in [2.24, 2.45) is 0 Å². The second-order valence-corrected chi connectivity index (χ2v) is 5.95. The molecule has 2 heterocycles. The normalized spacial score (nSPS) is 11.0. The molecule has 1 aromatic carbocycles. The van der Waals surface area contributed by atoms with Gasteiger partial charge in [0, 0.05) is 18.5 Å². The van der Waals surface area contributed by atoms with Gasteiger partial charge in [-0.05, 0) is 35.9 Å². The molecule has 3 aromatic rings. The van der Waals surface area contributed by atoms with E-state index >= 15 is 0 Å². The number of rotatable bonds is 7. The van der Waals surface area contributed by atoms with Gasteiger partial charge in [0.05, 0.1) is 11.3 Å². The van der Waals surface area contributed by atoms with Gasteiger partial charge < -0.3 is 5.32 Å². The van der Waals surface area contributed by atoms with E-state index < -0.39 is 0 Å². The van der Waals surface area contributed by atoms with Crippen molar-refractivity contribution in [1.29, 1.82) is 0 Å². The number of thioether (sulfide) groups is 1. The number of aryl methyl sites for hydroxylation is 1. The molecule has 2 aromatic heterocycles. The minimum absolute atomic E-state index is 0.650. The molecule has 120 valence electrons. The van der Waals surface area contributed by atoms with Gasteiger partial charge in [0.15, 0.2) is 11.0 Å². The largest absolute Gasteiger partial charge is 0.370 e. The Bertz CT molecular complexity index is 786. The maximum absolute atomic E-state index is 4.63. The van der Waals surface area contributed by atoms with Gasteiger partial charge in [-0.3, -0.25) is 0 Å². The van der Waals surface area contributed by atoms with Crippen molar-refractivity contribution >= 4 is 28.5 Å². The summed E-state index contributed by atoms with van der Waals surface area (Å²) in [5.74, 6) is 2.36. The summed E-state index contributed by atoms with van der Waals surface area (Å²) in [4.78, 5) is 9.26. The molecule has 7 nitrogen and oxygen atoms in total. The van der Waals surface area contributed by atoms with E-state index in [1.807, 2.05) is 28.9 Å². The van der Waals surface area contributed by atoms with Crippen molar-refractivity contribution in [3.05, 3.63) is 30.1 Å². The van der Waals surface area contributed by atoms with Crippen LogP contribution in [-0.4, -0.2) is 36.7 Å². The average molecular weight is 329 g/mol. The zero-order valence-electron chi connectivity index (χ0n) is 13.2. The zero-order valence-corrected chi connectivity index (χ0v) is 14.0. The van der Waals surface area contributed by atoms with Gasteiger partial charge in [0.1, 0.15) is 5.82 Å². The first-order chi connectivity index (χ1) is 11.3. The molecule has 0 atom stereocenters. The van der Waals surface area contributed by atoms with Crippen LogP contribution in [0.1, 0.15) is 26.1 Å². The lowest BCUT2D eigenvalue weighted by Crippen LogP contribution is -2.05. The number of para-hydroxylation sites is 1. The Hall–Kier alpha value is -2.22. The van der Waals surface area contributed by atoms with Gasteiger partial charge in [0.25, 0.3) is 0 Å². The fraction of sp³-hybridized carbons (Fsp3) is 0.400. The van der Waals surface area contributed by atoms with Gasteiger partial charge in [-0.2, -0.15) is 0 Å². The Morgan fingerprint density at radius 2 is 2.04 bits per heavy atom. The number of benzene rings is 1. The predicted octanol–water partition coefficient (Wildman–Crippen LogP) is 2.75. The first-order valence-corrected chi connectivity index (χ1v) is 8.68. The van der Waals surface area contributed by atoms with Crippen LogP contribution in [0, 0.1) is 0 Å². The van der Waals surface area contributed by atoms with Crippen molar-refractivity contribution < 1.29 is 0 Å². The lowest BCUT2D eigenvalue weighted by molar-refractivity contribution is 0.564. The van der Waals surface area contributed by atoms with Crippen LogP contribution in [-0.2, 0) is 12.3 Å². The number of hydrogen-bond acceptors (Lipinski definition) is 7. The predicted molar refractivity (Wildman–Crippen MR) is 91.4 cm³/mol. The molecule has 0 unspecified atom stereocenters. The molecule has 3 rings (SSSR count). The van der Waals surface area contributed by atoms with E-state index in [0.29, 0.717) is 5.75 Å². The van der Waals surface area contributed by atoms with Crippen LogP contribution in [0.4, 0.5) is 5.82 Å². The fourth-order valence-corrected chi connectivity index (χ4v) is 3.05.